The molecule has 2 saturated heterocycles. The summed E-state index contributed by atoms with van der Waals surface area (Å²) >= 11 is 3.20. The monoisotopic (exact) mass is 345 g/mol. The van der Waals surface area contributed by atoms with Crippen molar-refractivity contribution in [2.45, 2.75) is 37.3 Å². The van der Waals surface area contributed by atoms with Crippen LogP contribution in [-0.4, -0.2) is 40.1 Å². The lowest BCUT2D eigenvalue weighted by molar-refractivity contribution is -0.390. The number of rotatable bonds is 2. The van der Waals surface area contributed by atoms with Crippen molar-refractivity contribution in [3.63, 3.8) is 0 Å². The topological polar surface area (TPSA) is 79.4 Å². The van der Waals surface area contributed by atoms with Crippen LogP contribution in [0.3, 0.4) is 0 Å². The van der Waals surface area contributed by atoms with Gasteiger partial charge in [0.15, 0.2) is 0 Å². The molecular formula is C12H16BrN3O4. The largest absolute Gasteiger partial charge is 0.404 e. The van der Waals surface area contributed by atoms with Crippen LogP contribution in [0.2, 0.25) is 0 Å². The van der Waals surface area contributed by atoms with Gasteiger partial charge in [0.2, 0.25) is 0 Å². The third kappa shape index (κ3) is 2.59. The van der Waals surface area contributed by atoms with Crippen LogP contribution in [0.15, 0.2) is 10.7 Å². The fraction of sp³-hybridized carbons (Fsp3) is 0.750. The molecule has 0 N–H and O–H groups in total. The van der Waals surface area contributed by atoms with Gasteiger partial charge >= 0.3 is 5.82 Å². The third-order valence-electron chi connectivity index (χ3n) is 4.09. The Balaban J connectivity index is 1.79. The van der Waals surface area contributed by atoms with E-state index in [-0.39, 0.29) is 17.5 Å². The molecule has 1 spiro atoms. The summed E-state index contributed by atoms with van der Waals surface area (Å²) in [5.74, 6) is -0.127. The number of halogens is 1. The van der Waals surface area contributed by atoms with Gasteiger partial charge in [0.25, 0.3) is 0 Å². The van der Waals surface area contributed by atoms with Crippen molar-refractivity contribution in [1.29, 1.82) is 0 Å². The van der Waals surface area contributed by atoms with Gasteiger partial charge in [0.1, 0.15) is 4.47 Å². The molecule has 8 heteroatoms. The molecule has 2 fully saturated rings. The van der Waals surface area contributed by atoms with E-state index in [9.17, 15) is 10.1 Å². The zero-order chi connectivity index (χ0) is 14.2. The van der Waals surface area contributed by atoms with Crippen molar-refractivity contribution in [3.8, 4) is 0 Å². The van der Waals surface area contributed by atoms with Crippen LogP contribution in [0.25, 0.3) is 0 Å². The molecule has 0 saturated carbocycles. The van der Waals surface area contributed by atoms with E-state index in [0.29, 0.717) is 11.1 Å². The summed E-state index contributed by atoms with van der Waals surface area (Å²) in [6.07, 6.45) is 5.12. The maximum Gasteiger partial charge on any atom is 0.404 e. The maximum absolute atomic E-state index is 10.9. The highest BCUT2D eigenvalue weighted by molar-refractivity contribution is 9.10. The lowest BCUT2D eigenvalue weighted by Gasteiger charge is -2.42. The van der Waals surface area contributed by atoms with E-state index in [1.807, 2.05) is 0 Å². The minimum Gasteiger partial charge on any atom is -0.381 e. The number of aromatic nitrogens is 2. The Morgan fingerprint density at radius 3 is 2.85 bits per heavy atom. The summed E-state index contributed by atoms with van der Waals surface area (Å²) in [7, 11) is 0. The summed E-state index contributed by atoms with van der Waals surface area (Å²) in [5.41, 5.74) is -0.144. The molecule has 1 atom stereocenters. The molecule has 20 heavy (non-hydrogen) atoms. The van der Waals surface area contributed by atoms with Gasteiger partial charge in [-0.15, -0.1) is 0 Å². The molecule has 7 nitrogen and oxygen atoms in total. The normalized spacial score (nSPS) is 25.8. The molecule has 110 valence electrons. The molecular weight excluding hydrogens is 330 g/mol. The average molecular weight is 346 g/mol. The van der Waals surface area contributed by atoms with Gasteiger partial charge in [-0.05, 0) is 40.1 Å². The second-order valence-electron chi connectivity index (χ2n) is 5.33. The highest BCUT2D eigenvalue weighted by Crippen LogP contribution is 2.39. The molecule has 0 aromatic carbocycles. The third-order valence-corrected chi connectivity index (χ3v) is 4.65. The van der Waals surface area contributed by atoms with Crippen LogP contribution in [0, 0.1) is 10.1 Å². The molecule has 0 radical (unpaired) electrons. The van der Waals surface area contributed by atoms with Crippen molar-refractivity contribution in [2.24, 2.45) is 0 Å². The Hall–Kier alpha value is -0.990. The molecule has 1 aromatic heterocycles. The number of nitro groups is 1. The van der Waals surface area contributed by atoms with E-state index < -0.39 is 4.92 Å². The van der Waals surface area contributed by atoms with Gasteiger partial charge in [0, 0.05) is 26.2 Å². The first-order chi connectivity index (χ1) is 9.60. The van der Waals surface area contributed by atoms with Gasteiger partial charge in [-0.2, -0.15) is 4.68 Å². The average Bonchev–Trinajstić information content (AvgIpc) is 2.82. The number of ether oxygens (including phenoxy) is 2. The molecule has 3 rings (SSSR count). The minimum absolute atomic E-state index is 0.127. The Morgan fingerprint density at radius 2 is 2.20 bits per heavy atom. The first-order valence-corrected chi connectivity index (χ1v) is 7.50. The number of nitrogens with zero attached hydrogens (tertiary/aromatic N) is 3. The zero-order valence-corrected chi connectivity index (χ0v) is 12.5. The van der Waals surface area contributed by atoms with Crippen LogP contribution in [-0.2, 0) is 9.47 Å². The highest BCUT2D eigenvalue weighted by atomic mass is 79.9. The van der Waals surface area contributed by atoms with E-state index in [4.69, 9.17) is 9.47 Å². The Kier molecular flexibility index (Phi) is 3.78. The predicted octanol–water partition coefficient (Wildman–Crippen LogP) is 2.45. The minimum atomic E-state index is -0.468. The van der Waals surface area contributed by atoms with Crippen LogP contribution in [0.4, 0.5) is 5.82 Å². The van der Waals surface area contributed by atoms with Crippen LogP contribution in [0.5, 0.6) is 0 Å². The zero-order valence-electron chi connectivity index (χ0n) is 11.0. The molecule has 2 aliphatic rings. The molecule has 0 aliphatic carbocycles. The van der Waals surface area contributed by atoms with Crippen LogP contribution in [0.1, 0.15) is 31.7 Å². The number of hydrogen-bond acceptors (Lipinski definition) is 5. The molecule has 1 unspecified atom stereocenters. The van der Waals surface area contributed by atoms with Gasteiger partial charge in [-0.3, -0.25) is 0 Å². The molecule has 0 bridgehead atoms. The van der Waals surface area contributed by atoms with Crippen molar-refractivity contribution < 1.29 is 14.4 Å². The number of hydrogen-bond donors (Lipinski definition) is 0. The first kappa shape index (κ1) is 14.0. The van der Waals surface area contributed by atoms with Crippen molar-refractivity contribution in [2.75, 3.05) is 19.8 Å². The lowest BCUT2D eigenvalue weighted by atomic mass is 9.84. The summed E-state index contributed by atoms with van der Waals surface area (Å²) in [4.78, 5) is 10.4. The van der Waals surface area contributed by atoms with Gasteiger partial charge < -0.3 is 19.6 Å². The standard InChI is InChI=1S/C12H16BrN3O4/c13-10-8-15(14-11(10)16(17)18)9-1-4-20-12(7-9)2-5-19-6-3-12/h8-9H,1-7H2. The summed E-state index contributed by atoms with van der Waals surface area (Å²) in [6.45, 7) is 2.10. The smallest absolute Gasteiger partial charge is 0.381 e. The van der Waals surface area contributed by atoms with Crippen LogP contribution < -0.4 is 0 Å². The Bertz CT molecular complexity index is 507. The molecule has 1 aromatic rings. The second kappa shape index (κ2) is 5.42. The van der Waals surface area contributed by atoms with Gasteiger partial charge in [0.05, 0.1) is 22.9 Å². The van der Waals surface area contributed by atoms with E-state index in [2.05, 4.69) is 21.0 Å². The Labute approximate surface area is 124 Å². The molecule has 3 heterocycles. The summed E-state index contributed by atoms with van der Waals surface area (Å²) in [6, 6.07) is 0.145. The summed E-state index contributed by atoms with van der Waals surface area (Å²) < 4.78 is 13.5. The summed E-state index contributed by atoms with van der Waals surface area (Å²) in [5, 5.41) is 15.0. The van der Waals surface area contributed by atoms with E-state index in [1.54, 1.807) is 10.9 Å². The van der Waals surface area contributed by atoms with Crippen molar-refractivity contribution >= 4 is 21.7 Å². The Morgan fingerprint density at radius 1 is 1.45 bits per heavy atom. The second-order valence-corrected chi connectivity index (χ2v) is 6.18. The molecule has 0 amide bonds. The van der Waals surface area contributed by atoms with Gasteiger partial charge in [-0.25, -0.2) is 0 Å². The van der Waals surface area contributed by atoms with Gasteiger partial charge in [-0.1, -0.05) is 0 Å². The fourth-order valence-corrected chi connectivity index (χ4v) is 3.42. The van der Waals surface area contributed by atoms with Crippen LogP contribution >= 0.6 is 15.9 Å². The van der Waals surface area contributed by atoms with E-state index >= 15 is 0 Å². The van der Waals surface area contributed by atoms with Crippen molar-refractivity contribution in [1.82, 2.24) is 9.78 Å². The van der Waals surface area contributed by atoms with Crippen molar-refractivity contribution in [3.05, 3.63) is 20.8 Å². The van der Waals surface area contributed by atoms with E-state index in [0.717, 1.165) is 38.9 Å². The first-order valence-electron chi connectivity index (χ1n) is 6.70. The quantitative estimate of drug-likeness (QED) is 0.607. The fourth-order valence-electron chi connectivity index (χ4n) is 2.99. The predicted molar refractivity (Wildman–Crippen MR) is 73.6 cm³/mol. The highest BCUT2D eigenvalue weighted by Gasteiger charge is 2.41. The SMILES string of the molecule is O=[N+]([O-])c1nn(C2CCOC3(CCOCC3)C2)cc1Br. The van der Waals surface area contributed by atoms with E-state index in [1.165, 1.54) is 0 Å². The molecule has 2 aliphatic heterocycles. The lowest BCUT2D eigenvalue weighted by Crippen LogP contribution is -2.44. The maximum atomic E-state index is 10.9.